The molecular formula is C26H28Cl2N4O3. The van der Waals surface area contributed by atoms with Crippen LogP contribution in [-0.2, 0) is 18.0 Å². The maximum absolute atomic E-state index is 10.9. The summed E-state index contributed by atoms with van der Waals surface area (Å²) in [6, 6.07) is 26.0. The molecule has 0 saturated heterocycles. The fourth-order valence-electron chi connectivity index (χ4n) is 2.68. The van der Waals surface area contributed by atoms with Crippen LogP contribution < -0.4 is 20.5 Å². The van der Waals surface area contributed by atoms with E-state index in [1.54, 1.807) is 24.5 Å². The molecule has 3 N–H and O–H groups in total. The number of hydrogen-bond acceptors (Lipinski definition) is 6. The molecule has 4 aromatic rings. The number of pyridine rings is 2. The number of halogens is 2. The van der Waals surface area contributed by atoms with Gasteiger partial charge in [0.05, 0.1) is 11.4 Å². The van der Waals surface area contributed by atoms with Crippen LogP contribution in [0.15, 0.2) is 97.3 Å². The number of carbonyl (C=O) groups excluding carboxylic acids is 1. The maximum Gasteiger partial charge on any atom is 0.221 e. The Kier molecular flexibility index (Phi) is 13.3. The molecule has 2 aromatic heterocycles. The average molecular weight is 515 g/mol. The van der Waals surface area contributed by atoms with Crippen molar-refractivity contribution in [2.75, 3.05) is 11.1 Å². The third kappa shape index (κ3) is 11.2. The molecule has 0 atom stereocenters. The van der Waals surface area contributed by atoms with Crippen molar-refractivity contribution < 1.29 is 14.3 Å². The van der Waals surface area contributed by atoms with Crippen LogP contribution in [0.1, 0.15) is 18.3 Å². The van der Waals surface area contributed by atoms with E-state index in [2.05, 4.69) is 15.3 Å². The van der Waals surface area contributed by atoms with Crippen LogP contribution in [0.5, 0.6) is 11.5 Å². The lowest BCUT2D eigenvalue weighted by atomic mass is 10.3. The summed E-state index contributed by atoms with van der Waals surface area (Å²) in [5, 5.41) is 2.70. The molecule has 0 aliphatic rings. The van der Waals surface area contributed by atoms with Gasteiger partial charge in [0.2, 0.25) is 5.91 Å². The molecule has 0 unspecified atom stereocenters. The highest BCUT2D eigenvalue weighted by Gasteiger charge is 1.99. The van der Waals surface area contributed by atoms with Crippen LogP contribution in [0.25, 0.3) is 0 Å². The first kappa shape index (κ1) is 29.2. The molecular weight excluding hydrogens is 487 g/mol. The summed E-state index contributed by atoms with van der Waals surface area (Å²) < 4.78 is 11.1. The maximum atomic E-state index is 10.9. The normalized spacial score (nSPS) is 9.29. The van der Waals surface area contributed by atoms with Crippen LogP contribution >= 0.6 is 24.8 Å². The van der Waals surface area contributed by atoms with E-state index in [0.717, 1.165) is 34.3 Å². The van der Waals surface area contributed by atoms with Gasteiger partial charge in [0.15, 0.2) is 0 Å². The zero-order valence-electron chi connectivity index (χ0n) is 19.2. The number of benzene rings is 2. The number of nitrogens with zero attached hydrogens (tertiary/aromatic N) is 2. The van der Waals surface area contributed by atoms with E-state index in [0.29, 0.717) is 13.2 Å². The summed E-state index contributed by atoms with van der Waals surface area (Å²) in [5.74, 6) is 1.46. The van der Waals surface area contributed by atoms with Gasteiger partial charge in [-0.15, -0.1) is 24.8 Å². The monoisotopic (exact) mass is 514 g/mol. The number of nitrogens with one attached hydrogen (secondary N) is 1. The predicted molar refractivity (Wildman–Crippen MR) is 143 cm³/mol. The lowest BCUT2D eigenvalue weighted by Crippen LogP contribution is -2.05. The molecule has 184 valence electrons. The Hall–Kier alpha value is -3.81. The lowest BCUT2D eigenvalue weighted by molar-refractivity contribution is -0.114. The SMILES string of the molecule is CC(=O)Nc1ccc(OCc2ccccn2)cc1.Cl.Cl.Nc1ccc(OCc2ccccn2)cc1. The van der Waals surface area contributed by atoms with Crippen LogP contribution in [0.3, 0.4) is 0 Å². The standard InChI is InChI=1S/C14H14N2O2.C12H12N2O.2ClH/c1-11(17)16-12-5-7-14(8-6-12)18-10-13-4-2-3-9-15-13;13-10-4-6-12(7-5-10)15-9-11-3-1-2-8-14-11;;/h2-9H,10H2,1H3,(H,16,17);1-8H,9,13H2;2*1H. The number of hydrogen-bond donors (Lipinski definition) is 2. The van der Waals surface area contributed by atoms with Gasteiger partial charge in [0.25, 0.3) is 0 Å². The smallest absolute Gasteiger partial charge is 0.221 e. The number of rotatable bonds is 7. The van der Waals surface area contributed by atoms with Gasteiger partial charge in [-0.05, 0) is 72.8 Å². The van der Waals surface area contributed by atoms with Gasteiger partial charge in [0, 0.05) is 30.7 Å². The second-order valence-corrected chi connectivity index (χ2v) is 6.99. The summed E-state index contributed by atoms with van der Waals surface area (Å²) in [6.07, 6.45) is 3.49. The van der Waals surface area contributed by atoms with E-state index in [4.69, 9.17) is 15.2 Å². The van der Waals surface area contributed by atoms with Gasteiger partial charge >= 0.3 is 0 Å². The second kappa shape index (κ2) is 15.9. The molecule has 0 saturated carbocycles. The van der Waals surface area contributed by atoms with E-state index >= 15 is 0 Å². The minimum Gasteiger partial charge on any atom is -0.487 e. The topological polar surface area (TPSA) is 99.4 Å². The summed E-state index contributed by atoms with van der Waals surface area (Å²) in [5.41, 5.74) is 8.85. The van der Waals surface area contributed by atoms with Gasteiger partial charge in [-0.1, -0.05) is 12.1 Å². The van der Waals surface area contributed by atoms with Crippen molar-refractivity contribution >= 4 is 42.1 Å². The fraction of sp³-hybridized carbons (Fsp3) is 0.115. The minimum absolute atomic E-state index is 0. The summed E-state index contributed by atoms with van der Waals surface area (Å²) in [7, 11) is 0. The number of aromatic nitrogens is 2. The van der Waals surface area contributed by atoms with Crippen LogP contribution in [-0.4, -0.2) is 15.9 Å². The predicted octanol–water partition coefficient (Wildman–Crippen LogP) is 5.71. The zero-order chi connectivity index (χ0) is 23.3. The first-order valence-corrected chi connectivity index (χ1v) is 10.4. The molecule has 0 bridgehead atoms. The van der Waals surface area contributed by atoms with E-state index < -0.39 is 0 Å². The highest BCUT2D eigenvalue weighted by molar-refractivity contribution is 5.88. The Morgan fingerprint density at radius 2 is 1.20 bits per heavy atom. The van der Waals surface area contributed by atoms with E-state index in [1.807, 2.05) is 72.8 Å². The van der Waals surface area contributed by atoms with Gasteiger partial charge in [-0.25, -0.2) is 0 Å². The van der Waals surface area contributed by atoms with Crippen molar-refractivity contribution in [2.24, 2.45) is 0 Å². The molecule has 4 rings (SSSR count). The third-order valence-electron chi connectivity index (χ3n) is 4.28. The van der Waals surface area contributed by atoms with Crippen molar-refractivity contribution in [3.05, 3.63) is 109 Å². The summed E-state index contributed by atoms with van der Waals surface area (Å²) in [4.78, 5) is 19.2. The van der Waals surface area contributed by atoms with Crippen molar-refractivity contribution in [3.8, 4) is 11.5 Å². The van der Waals surface area contributed by atoms with Gasteiger partial charge < -0.3 is 20.5 Å². The lowest BCUT2D eigenvalue weighted by Gasteiger charge is -2.07. The van der Waals surface area contributed by atoms with Crippen molar-refractivity contribution in [2.45, 2.75) is 20.1 Å². The number of amides is 1. The largest absolute Gasteiger partial charge is 0.487 e. The summed E-state index contributed by atoms with van der Waals surface area (Å²) in [6.45, 7) is 2.39. The Morgan fingerprint density at radius 1 is 0.743 bits per heavy atom. The Balaban J connectivity index is 0.000000336. The van der Waals surface area contributed by atoms with Crippen LogP contribution in [0, 0.1) is 0 Å². The molecule has 0 spiro atoms. The number of ether oxygens (including phenoxy) is 2. The number of anilines is 2. The first-order chi connectivity index (χ1) is 16.1. The average Bonchev–Trinajstić information content (AvgIpc) is 2.85. The number of nitrogens with two attached hydrogens (primary N) is 1. The molecule has 35 heavy (non-hydrogen) atoms. The summed E-state index contributed by atoms with van der Waals surface area (Å²) >= 11 is 0. The third-order valence-corrected chi connectivity index (χ3v) is 4.28. The zero-order valence-corrected chi connectivity index (χ0v) is 20.8. The molecule has 2 heterocycles. The minimum atomic E-state index is -0.0860. The van der Waals surface area contributed by atoms with Gasteiger partial charge in [-0.3, -0.25) is 14.8 Å². The Labute approximate surface area is 217 Å². The molecule has 0 aliphatic heterocycles. The molecule has 2 aromatic carbocycles. The molecule has 1 amide bonds. The first-order valence-electron chi connectivity index (χ1n) is 10.4. The highest BCUT2D eigenvalue weighted by Crippen LogP contribution is 2.17. The molecule has 0 fully saturated rings. The Morgan fingerprint density at radius 3 is 1.60 bits per heavy atom. The molecule has 0 radical (unpaired) electrons. The fourth-order valence-corrected chi connectivity index (χ4v) is 2.68. The second-order valence-electron chi connectivity index (χ2n) is 6.99. The van der Waals surface area contributed by atoms with E-state index in [-0.39, 0.29) is 30.7 Å². The number of nitrogen functional groups attached to an aromatic ring is 1. The van der Waals surface area contributed by atoms with Crippen molar-refractivity contribution in [1.82, 2.24) is 9.97 Å². The Bertz CT molecular complexity index is 1110. The van der Waals surface area contributed by atoms with E-state index in [9.17, 15) is 4.79 Å². The molecule has 9 heteroatoms. The highest BCUT2D eigenvalue weighted by atomic mass is 35.5. The van der Waals surface area contributed by atoms with Gasteiger partial charge in [-0.2, -0.15) is 0 Å². The van der Waals surface area contributed by atoms with Gasteiger partial charge in [0.1, 0.15) is 24.7 Å². The van der Waals surface area contributed by atoms with Crippen LogP contribution in [0.4, 0.5) is 11.4 Å². The molecule has 0 aliphatic carbocycles. The number of carbonyl (C=O) groups is 1. The molecule has 7 nitrogen and oxygen atoms in total. The van der Waals surface area contributed by atoms with Crippen LogP contribution in [0.2, 0.25) is 0 Å². The van der Waals surface area contributed by atoms with Crippen molar-refractivity contribution in [1.29, 1.82) is 0 Å². The van der Waals surface area contributed by atoms with Crippen molar-refractivity contribution in [3.63, 3.8) is 0 Å². The quantitative estimate of drug-likeness (QED) is 0.306. The van der Waals surface area contributed by atoms with E-state index in [1.165, 1.54) is 6.92 Å².